The van der Waals surface area contributed by atoms with Gasteiger partial charge < -0.3 is 18.9 Å². The molecule has 128 valence electrons. The van der Waals surface area contributed by atoms with Crippen molar-refractivity contribution in [1.29, 1.82) is 0 Å². The Morgan fingerprint density at radius 3 is 3.12 bits per heavy atom. The molecule has 0 aliphatic carbocycles. The fraction of sp³-hybridized carbons (Fsp3) is 0.444. The summed E-state index contributed by atoms with van der Waals surface area (Å²) in [6.45, 7) is 2.03. The predicted molar refractivity (Wildman–Crippen MR) is 89.7 cm³/mol. The highest BCUT2D eigenvalue weighted by Crippen LogP contribution is 2.21. The van der Waals surface area contributed by atoms with E-state index in [4.69, 9.17) is 9.47 Å². The molecule has 1 aromatic heterocycles. The van der Waals surface area contributed by atoms with Crippen LogP contribution in [0.4, 0.5) is 0 Å². The molecule has 1 fully saturated rings. The summed E-state index contributed by atoms with van der Waals surface area (Å²) in [4.78, 5) is 18.4. The Hall–Kier alpha value is -2.34. The smallest absolute Gasteiger partial charge is 0.248 e. The van der Waals surface area contributed by atoms with Crippen molar-refractivity contribution in [2.45, 2.75) is 25.5 Å². The SMILES string of the molecule is COc1cccc(COCC(=O)N2CCC[C@H](n3ccnc3)C2)c1. The topological polar surface area (TPSA) is 56.6 Å². The standard InChI is InChI=1S/C18H23N3O3/c1-23-17-6-2-4-15(10-17)12-24-13-18(22)20-8-3-5-16(11-20)21-9-7-19-14-21/h2,4,6-7,9-10,14,16H,3,5,8,11-13H2,1H3/t16-/m0/s1. The van der Waals surface area contributed by atoms with Crippen LogP contribution in [0.25, 0.3) is 0 Å². The molecule has 2 aromatic rings. The number of rotatable bonds is 6. The number of amides is 1. The van der Waals surface area contributed by atoms with Crippen LogP contribution in [0.5, 0.6) is 5.75 Å². The number of hydrogen-bond acceptors (Lipinski definition) is 4. The summed E-state index contributed by atoms with van der Waals surface area (Å²) >= 11 is 0. The van der Waals surface area contributed by atoms with E-state index < -0.39 is 0 Å². The van der Waals surface area contributed by atoms with E-state index in [1.54, 1.807) is 13.3 Å². The first-order valence-corrected chi connectivity index (χ1v) is 8.22. The number of piperidine rings is 1. The van der Waals surface area contributed by atoms with Crippen LogP contribution < -0.4 is 4.74 Å². The monoisotopic (exact) mass is 329 g/mol. The van der Waals surface area contributed by atoms with Crippen molar-refractivity contribution in [1.82, 2.24) is 14.5 Å². The van der Waals surface area contributed by atoms with Gasteiger partial charge in [-0.05, 0) is 30.5 Å². The number of hydrogen-bond donors (Lipinski definition) is 0. The van der Waals surface area contributed by atoms with Gasteiger partial charge in [-0.15, -0.1) is 0 Å². The minimum atomic E-state index is 0.0442. The van der Waals surface area contributed by atoms with Crippen molar-refractivity contribution in [3.05, 3.63) is 48.5 Å². The molecule has 0 spiro atoms. The maximum atomic E-state index is 12.4. The Balaban J connectivity index is 1.47. The molecular weight excluding hydrogens is 306 g/mol. The van der Waals surface area contributed by atoms with Crippen molar-refractivity contribution in [3.8, 4) is 5.75 Å². The van der Waals surface area contributed by atoms with Gasteiger partial charge in [0.05, 0.1) is 26.1 Å². The molecule has 1 saturated heterocycles. The van der Waals surface area contributed by atoms with E-state index in [1.165, 1.54) is 0 Å². The first kappa shape index (κ1) is 16.5. The minimum Gasteiger partial charge on any atom is -0.497 e. The molecule has 1 aliphatic heterocycles. The number of benzene rings is 1. The van der Waals surface area contributed by atoms with Crippen molar-refractivity contribution >= 4 is 5.91 Å². The molecule has 24 heavy (non-hydrogen) atoms. The molecule has 1 atom stereocenters. The van der Waals surface area contributed by atoms with Gasteiger partial charge in [0, 0.05) is 25.5 Å². The summed E-state index contributed by atoms with van der Waals surface area (Å²) < 4.78 is 12.9. The van der Waals surface area contributed by atoms with E-state index in [1.807, 2.05) is 41.7 Å². The van der Waals surface area contributed by atoms with E-state index in [2.05, 4.69) is 9.55 Å². The Labute approximate surface area is 142 Å². The number of ether oxygens (including phenoxy) is 2. The quantitative estimate of drug-likeness (QED) is 0.816. The lowest BCUT2D eigenvalue weighted by Gasteiger charge is -2.33. The molecule has 6 nitrogen and oxygen atoms in total. The summed E-state index contributed by atoms with van der Waals surface area (Å²) in [5.74, 6) is 0.837. The van der Waals surface area contributed by atoms with Crippen molar-refractivity contribution in [2.24, 2.45) is 0 Å². The fourth-order valence-electron chi connectivity index (χ4n) is 3.02. The third kappa shape index (κ3) is 4.14. The van der Waals surface area contributed by atoms with Crippen LogP contribution in [0.1, 0.15) is 24.4 Å². The number of imidazole rings is 1. The first-order valence-electron chi connectivity index (χ1n) is 8.22. The second-order valence-corrected chi connectivity index (χ2v) is 5.99. The molecule has 1 aromatic carbocycles. The first-order chi connectivity index (χ1) is 11.8. The lowest BCUT2D eigenvalue weighted by Crippen LogP contribution is -2.42. The van der Waals surface area contributed by atoms with Crippen LogP contribution >= 0.6 is 0 Å². The molecule has 0 saturated carbocycles. The van der Waals surface area contributed by atoms with Gasteiger partial charge in [0.1, 0.15) is 12.4 Å². The molecule has 0 radical (unpaired) electrons. The minimum absolute atomic E-state index is 0.0442. The molecule has 2 heterocycles. The average molecular weight is 329 g/mol. The summed E-state index contributed by atoms with van der Waals surface area (Å²) in [5, 5.41) is 0. The molecule has 0 unspecified atom stereocenters. The van der Waals surface area contributed by atoms with Gasteiger partial charge >= 0.3 is 0 Å². The van der Waals surface area contributed by atoms with Crippen LogP contribution in [0.2, 0.25) is 0 Å². The van der Waals surface area contributed by atoms with Crippen LogP contribution in [0.15, 0.2) is 43.0 Å². The highest BCUT2D eigenvalue weighted by atomic mass is 16.5. The van der Waals surface area contributed by atoms with Gasteiger partial charge in [0.25, 0.3) is 0 Å². The van der Waals surface area contributed by atoms with Crippen molar-refractivity contribution in [2.75, 3.05) is 26.8 Å². The molecule has 3 rings (SSSR count). The molecular formula is C18H23N3O3. The highest BCUT2D eigenvalue weighted by Gasteiger charge is 2.24. The van der Waals surface area contributed by atoms with E-state index in [9.17, 15) is 4.79 Å². The number of carbonyl (C=O) groups excluding carboxylic acids is 1. The third-order valence-electron chi connectivity index (χ3n) is 4.32. The number of methoxy groups -OCH3 is 1. The average Bonchev–Trinajstić information content (AvgIpc) is 3.17. The Morgan fingerprint density at radius 2 is 2.33 bits per heavy atom. The zero-order valence-electron chi connectivity index (χ0n) is 13.9. The Bertz CT molecular complexity index is 657. The van der Waals surface area contributed by atoms with Gasteiger partial charge in [0.15, 0.2) is 0 Å². The fourth-order valence-corrected chi connectivity index (χ4v) is 3.02. The Kier molecular flexibility index (Phi) is 5.48. The molecule has 0 bridgehead atoms. The maximum Gasteiger partial charge on any atom is 0.248 e. The maximum absolute atomic E-state index is 12.4. The van der Waals surface area contributed by atoms with E-state index in [0.29, 0.717) is 12.6 Å². The van der Waals surface area contributed by atoms with Crippen LogP contribution in [-0.4, -0.2) is 47.2 Å². The molecule has 6 heteroatoms. The summed E-state index contributed by atoms with van der Waals surface area (Å²) in [6, 6.07) is 7.99. The van der Waals surface area contributed by atoms with Gasteiger partial charge in [-0.25, -0.2) is 4.98 Å². The lowest BCUT2D eigenvalue weighted by molar-refractivity contribution is -0.138. The highest BCUT2D eigenvalue weighted by molar-refractivity contribution is 5.77. The van der Waals surface area contributed by atoms with Gasteiger partial charge in [0.2, 0.25) is 5.91 Å². The molecule has 0 N–H and O–H groups in total. The second kappa shape index (κ2) is 7.97. The van der Waals surface area contributed by atoms with Crippen LogP contribution in [0.3, 0.4) is 0 Å². The Morgan fingerprint density at radius 1 is 1.42 bits per heavy atom. The molecule has 1 amide bonds. The summed E-state index contributed by atoms with van der Waals surface area (Å²) in [5.41, 5.74) is 0.997. The van der Waals surface area contributed by atoms with E-state index in [-0.39, 0.29) is 12.5 Å². The van der Waals surface area contributed by atoms with E-state index >= 15 is 0 Å². The molecule has 1 aliphatic rings. The third-order valence-corrected chi connectivity index (χ3v) is 4.32. The zero-order chi connectivity index (χ0) is 16.8. The van der Waals surface area contributed by atoms with Crippen LogP contribution in [0, 0.1) is 0 Å². The summed E-state index contributed by atoms with van der Waals surface area (Å²) in [7, 11) is 1.64. The second-order valence-electron chi connectivity index (χ2n) is 5.99. The number of nitrogens with zero attached hydrogens (tertiary/aromatic N) is 3. The van der Waals surface area contributed by atoms with E-state index in [0.717, 1.165) is 37.2 Å². The van der Waals surface area contributed by atoms with Gasteiger partial charge in [-0.3, -0.25) is 4.79 Å². The van der Waals surface area contributed by atoms with Gasteiger partial charge in [-0.2, -0.15) is 0 Å². The zero-order valence-corrected chi connectivity index (χ0v) is 13.9. The number of carbonyl (C=O) groups is 1. The van der Waals surface area contributed by atoms with Gasteiger partial charge in [-0.1, -0.05) is 12.1 Å². The number of aromatic nitrogens is 2. The predicted octanol–water partition coefficient (Wildman–Crippen LogP) is 2.27. The number of likely N-dealkylation sites (tertiary alicyclic amines) is 1. The lowest BCUT2D eigenvalue weighted by atomic mass is 10.1. The summed E-state index contributed by atoms with van der Waals surface area (Å²) in [6.07, 6.45) is 7.63. The van der Waals surface area contributed by atoms with Crippen molar-refractivity contribution in [3.63, 3.8) is 0 Å². The van der Waals surface area contributed by atoms with Crippen molar-refractivity contribution < 1.29 is 14.3 Å². The normalized spacial score (nSPS) is 17.7. The van der Waals surface area contributed by atoms with Crippen LogP contribution in [-0.2, 0) is 16.1 Å². The largest absolute Gasteiger partial charge is 0.497 e.